The largest absolute Gasteiger partial charge is 0.469 e. The van der Waals surface area contributed by atoms with Gasteiger partial charge in [-0.1, -0.05) is 20.4 Å². The second-order valence-corrected chi connectivity index (χ2v) is 8.56. The predicted molar refractivity (Wildman–Crippen MR) is 82.0 cm³/mol. The fraction of sp³-hybridized carbons (Fsp3) is 0.778. The van der Waals surface area contributed by atoms with Crippen LogP contribution in [0.15, 0.2) is 12.2 Å². The first-order chi connectivity index (χ1) is 10.2. The first-order valence-corrected chi connectivity index (χ1v) is 8.15. The van der Waals surface area contributed by atoms with Crippen LogP contribution in [0.3, 0.4) is 0 Å². The molecule has 22 heavy (non-hydrogen) atoms. The Morgan fingerprint density at radius 1 is 1.09 bits per heavy atom. The molecule has 0 saturated heterocycles. The summed E-state index contributed by atoms with van der Waals surface area (Å²) >= 11 is 0. The number of rotatable bonds is 4. The Hall–Kier alpha value is -1.32. The zero-order chi connectivity index (χ0) is 16.2. The zero-order valence-corrected chi connectivity index (χ0v) is 13.9. The first-order valence-electron chi connectivity index (χ1n) is 8.15. The molecule has 0 heterocycles. The molecular formula is C18H26O4. The van der Waals surface area contributed by atoms with E-state index in [1.54, 1.807) is 0 Å². The van der Waals surface area contributed by atoms with Gasteiger partial charge in [-0.15, -0.1) is 0 Å². The maximum atomic E-state index is 12.4. The summed E-state index contributed by atoms with van der Waals surface area (Å²) in [6.45, 7) is 8.37. The van der Waals surface area contributed by atoms with Crippen molar-refractivity contribution in [3.05, 3.63) is 12.2 Å². The molecule has 4 rings (SSSR count). The molecule has 4 nitrogen and oxygen atoms in total. The minimum absolute atomic E-state index is 0.0939. The number of carbonyl (C=O) groups is 2. The highest BCUT2D eigenvalue weighted by Gasteiger charge is 2.61. The topological polar surface area (TPSA) is 52.6 Å². The summed E-state index contributed by atoms with van der Waals surface area (Å²) in [5, 5.41) is 0. The van der Waals surface area contributed by atoms with Gasteiger partial charge in [0.2, 0.25) is 0 Å². The zero-order valence-electron chi connectivity index (χ0n) is 13.9. The van der Waals surface area contributed by atoms with E-state index in [9.17, 15) is 9.59 Å². The van der Waals surface area contributed by atoms with E-state index in [-0.39, 0.29) is 28.4 Å². The molecule has 0 N–H and O–H groups in total. The lowest BCUT2D eigenvalue weighted by Crippen LogP contribution is -2.60. The van der Waals surface area contributed by atoms with E-state index in [1.807, 2.05) is 0 Å². The predicted octanol–water partition coefficient (Wildman–Crippen LogP) is 3.40. The molecule has 4 saturated carbocycles. The first kappa shape index (κ1) is 15.6. The highest BCUT2D eigenvalue weighted by Crippen LogP contribution is 2.67. The molecule has 0 spiro atoms. The van der Waals surface area contributed by atoms with Crippen LogP contribution in [0, 0.1) is 16.7 Å². The summed E-state index contributed by atoms with van der Waals surface area (Å²) in [5.41, 5.74) is 0.424. The molecular weight excluding hydrogens is 280 g/mol. The van der Waals surface area contributed by atoms with E-state index in [1.165, 1.54) is 26.4 Å². The molecule has 0 radical (unpaired) electrons. The molecule has 0 aromatic rings. The number of hydrogen-bond donors (Lipinski definition) is 0. The van der Waals surface area contributed by atoms with Gasteiger partial charge in [0.15, 0.2) is 0 Å². The van der Waals surface area contributed by atoms with Crippen molar-refractivity contribution >= 4 is 11.9 Å². The van der Waals surface area contributed by atoms with Crippen LogP contribution in [0.2, 0.25) is 0 Å². The third-order valence-electron chi connectivity index (χ3n) is 5.76. The lowest BCUT2D eigenvalue weighted by Gasteiger charge is -2.64. The van der Waals surface area contributed by atoms with Crippen molar-refractivity contribution < 1.29 is 19.1 Å². The van der Waals surface area contributed by atoms with E-state index >= 15 is 0 Å². The minimum atomic E-state index is -0.452. The second kappa shape index (κ2) is 4.84. The molecule has 0 aliphatic heterocycles. The summed E-state index contributed by atoms with van der Waals surface area (Å²) in [5.74, 6) is -0.223. The molecule has 4 aliphatic carbocycles. The lowest BCUT2D eigenvalue weighted by molar-refractivity contribution is -0.213. The van der Waals surface area contributed by atoms with Crippen molar-refractivity contribution in [2.24, 2.45) is 16.7 Å². The molecule has 4 bridgehead atoms. The lowest BCUT2D eigenvalue weighted by atomic mass is 9.43. The van der Waals surface area contributed by atoms with Gasteiger partial charge < -0.3 is 9.47 Å². The number of hydrogen-bond acceptors (Lipinski definition) is 4. The molecule has 4 atom stereocenters. The Morgan fingerprint density at radius 2 is 1.68 bits per heavy atom. The van der Waals surface area contributed by atoms with Crippen molar-refractivity contribution in [1.29, 1.82) is 0 Å². The van der Waals surface area contributed by atoms with Crippen LogP contribution in [0.5, 0.6) is 0 Å². The quantitative estimate of drug-likeness (QED) is 0.590. The average Bonchev–Trinajstić information content (AvgIpc) is 2.33. The van der Waals surface area contributed by atoms with Crippen LogP contribution in [0.4, 0.5) is 0 Å². The van der Waals surface area contributed by atoms with Crippen LogP contribution in [-0.2, 0) is 19.1 Å². The van der Waals surface area contributed by atoms with Crippen LogP contribution in [0.25, 0.3) is 0 Å². The van der Waals surface area contributed by atoms with Gasteiger partial charge in [0.05, 0.1) is 13.5 Å². The summed E-state index contributed by atoms with van der Waals surface area (Å²) in [6.07, 6.45) is 6.51. The van der Waals surface area contributed by atoms with Gasteiger partial charge in [0, 0.05) is 5.57 Å². The van der Waals surface area contributed by atoms with Gasteiger partial charge in [-0.25, -0.2) is 4.79 Å². The third kappa shape index (κ3) is 2.68. The van der Waals surface area contributed by atoms with Crippen molar-refractivity contribution in [1.82, 2.24) is 0 Å². The number of esters is 2. The van der Waals surface area contributed by atoms with E-state index in [2.05, 4.69) is 25.2 Å². The molecule has 2 unspecified atom stereocenters. The fourth-order valence-electron chi connectivity index (χ4n) is 6.04. The average molecular weight is 306 g/mol. The Kier molecular flexibility index (Phi) is 3.42. The fourth-order valence-corrected chi connectivity index (χ4v) is 6.04. The van der Waals surface area contributed by atoms with E-state index in [4.69, 9.17) is 4.74 Å². The molecule has 0 amide bonds. The molecule has 4 fully saturated rings. The highest BCUT2D eigenvalue weighted by molar-refractivity contribution is 5.93. The molecule has 0 aromatic heterocycles. The Balaban J connectivity index is 1.73. The van der Waals surface area contributed by atoms with Gasteiger partial charge in [-0.05, 0) is 55.3 Å². The molecule has 4 aliphatic rings. The highest BCUT2D eigenvalue weighted by atomic mass is 16.6. The number of methoxy groups -OCH3 is 1. The third-order valence-corrected chi connectivity index (χ3v) is 5.76. The van der Waals surface area contributed by atoms with Crippen LogP contribution in [-0.4, -0.2) is 24.6 Å². The van der Waals surface area contributed by atoms with E-state index < -0.39 is 11.9 Å². The van der Waals surface area contributed by atoms with E-state index in [0.29, 0.717) is 5.92 Å². The Morgan fingerprint density at radius 3 is 2.18 bits per heavy atom. The summed E-state index contributed by atoms with van der Waals surface area (Å²) in [4.78, 5) is 23.7. The van der Waals surface area contributed by atoms with Gasteiger partial charge in [-0.3, -0.25) is 4.79 Å². The summed E-state index contributed by atoms with van der Waals surface area (Å²) < 4.78 is 10.5. The van der Waals surface area contributed by atoms with Gasteiger partial charge >= 0.3 is 11.9 Å². The molecule has 4 heteroatoms. The maximum Gasteiger partial charge on any atom is 0.334 e. The number of ether oxygens (including phenoxy) is 2. The SMILES string of the molecule is C=C(CC(=O)OC)C(=O)OC12CC3C[C@@](C)(C1)C[C@](C)(C3)C2. The molecule has 122 valence electrons. The van der Waals surface area contributed by atoms with Crippen molar-refractivity contribution in [3.63, 3.8) is 0 Å². The van der Waals surface area contributed by atoms with Crippen LogP contribution >= 0.6 is 0 Å². The van der Waals surface area contributed by atoms with Gasteiger partial charge in [-0.2, -0.15) is 0 Å². The van der Waals surface area contributed by atoms with E-state index in [0.717, 1.165) is 19.3 Å². The van der Waals surface area contributed by atoms with Gasteiger partial charge in [0.25, 0.3) is 0 Å². The smallest absolute Gasteiger partial charge is 0.334 e. The standard InChI is InChI=1S/C18H26O4/c1-12(5-14(19)21-4)15(20)22-18-8-13-6-16(2,10-18)9-17(3,7-13)11-18/h13H,1,5-11H2,2-4H3/t13?,16-,17+,18?. The van der Waals surface area contributed by atoms with Crippen molar-refractivity contribution in [3.8, 4) is 0 Å². The second-order valence-electron chi connectivity index (χ2n) is 8.56. The van der Waals surface area contributed by atoms with Crippen molar-refractivity contribution in [2.75, 3.05) is 7.11 Å². The normalized spacial score (nSPS) is 42.0. The summed E-state index contributed by atoms with van der Waals surface area (Å²) in [7, 11) is 1.31. The monoisotopic (exact) mass is 306 g/mol. The Labute approximate surface area is 132 Å². The summed E-state index contributed by atoms with van der Waals surface area (Å²) in [6, 6.07) is 0. The minimum Gasteiger partial charge on any atom is -0.469 e. The maximum absolute atomic E-state index is 12.4. The molecule has 0 aromatic carbocycles. The van der Waals surface area contributed by atoms with Crippen LogP contribution in [0.1, 0.15) is 58.8 Å². The van der Waals surface area contributed by atoms with Crippen LogP contribution < -0.4 is 0 Å². The number of carbonyl (C=O) groups excluding carboxylic acids is 2. The van der Waals surface area contributed by atoms with Crippen molar-refractivity contribution in [2.45, 2.75) is 64.4 Å². The van der Waals surface area contributed by atoms with Gasteiger partial charge in [0.1, 0.15) is 5.60 Å². The Bertz CT molecular complexity index is 517.